The summed E-state index contributed by atoms with van der Waals surface area (Å²) in [6, 6.07) is 32.1. The topological polar surface area (TPSA) is 103 Å². The average Bonchev–Trinajstić information content (AvgIpc) is 2.96. The third kappa shape index (κ3) is 5.86. The van der Waals surface area contributed by atoms with Crippen LogP contribution >= 0.6 is 0 Å². The molecule has 0 fully saturated rings. The number of hydrogen-bond donors (Lipinski definition) is 1. The summed E-state index contributed by atoms with van der Waals surface area (Å²) in [5.74, 6) is 0.756. The Morgan fingerprint density at radius 3 is 2.18 bits per heavy atom. The predicted octanol–water partition coefficient (Wildman–Crippen LogP) is 5.72. The van der Waals surface area contributed by atoms with E-state index >= 15 is 0 Å². The summed E-state index contributed by atoms with van der Waals surface area (Å²) < 4.78 is 7.25. The van der Waals surface area contributed by atoms with Crippen molar-refractivity contribution in [1.29, 1.82) is 0 Å². The number of pyridine rings is 1. The molecule has 0 unspecified atom stereocenters. The summed E-state index contributed by atoms with van der Waals surface area (Å²) in [6.45, 7) is 0.438. The van der Waals surface area contributed by atoms with Gasteiger partial charge < -0.3 is 14.6 Å². The van der Waals surface area contributed by atoms with E-state index in [0.717, 1.165) is 11.1 Å². The molecule has 5 rings (SSSR count). The summed E-state index contributed by atoms with van der Waals surface area (Å²) >= 11 is 0. The van der Waals surface area contributed by atoms with E-state index in [1.54, 1.807) is 18.2 Å². The molecule has 0 aliphatic heterocycles. The van der Waals surface area contributed by atoms with Crippen LogP contribution in [-0.4, -0.2) is 21.9 Å². The van der Waals surface area contributed by atoms with Crippen LogP contribution in [-0.2, 0) is 13.0 Å². The van der Waals surface area contributed by atoms with Crippen LogP contribution < -0.4 is 15.6 Å². The molecule has 0 aliphatic rings. The smallest absolute Gasteiger partial charge is 0.278 e. The van der Waals surface area contributed by atoms with Crippen molar-refractivity contribution in [3.63, 3.8) is 0 Å². The number of nitro benzene ring substituents is 1. The fraction of sp³-hybridized carbons (Fsp3) is 0.0968. The van der Waals surface area contributed by atoms with E-state index in [-0.39, 0.29) is 23.2 Å². The van der Waals surface area contributed by atoms with E-state index in [4.69, 9.17) is 4.74 Å². The third-order valence-electron chi connectivity index (χ3n) is 6.34. The number of nitrogens with zero attached hydrogens (tertiary/aromatic N) is 2. The molecule has 1 amide bonds. The van der Waals surface area contributed by atoms with E-state index in [2.05, 4.69) is 5.32 Å². The van der Waals surface area contributed by atoms with Gasteiger partial charge in [0.15, 0.2) is 0 Å². The summed E-state index contributed by atoms with van der Waals surface area (Å²) in [7, 11) is 0. The molecule has 0 saturated carbocycles. The summed E-state index contributed by atoms with van der Waals surface area (Å²) in [5, 5.41) is 14.8. The van der Waals surface area contributed by atoms with Crippen molar-refractivity contribution in [2.75, 3.05) is 6.54 Å². The maximum absolute atomic E-state index is 13.6. The van der Waals surface area contributed by atoms with E-state index in [1.807, 2.05) is 72.8 Å². The van der Waals surface area contributed by atoms with Gasteiger partial charge in [-0.3, -0.25) is 19.7 Å². The molecule has 39 heavy (non-hydrogen) atoms. The third-order valence-corrected chi connectivity index (χ3v) is 6.34. The minimum atomic E-state index is -0.573. The number of hydrogen-bond acceptors (Lipinski definition) is 5. The molecule has 0 saturated heterocycles. The Balaban J connectivity index is 1.45. The lowest BCUT2D eigenvalue weighted by Crippen LogP contribution is -2.34. The maximum atomic E-state index is 13.6. The number of benzene rings is 4. The minimum Gasteiger partial charge on any atom is -0.457 e. The molecule has 8 heteroatoms. The quantitative estimate of drug-likeness (QED) is 0.198. The second kappa shape index (κ2) is 11.4. The molecule has 0 aliphatic carbocycles. The lowest BCUT2D eigenvalue weighted by atomic mass is 10.1. The number of non-ortho nitro benzene ring substituents is 1. The predicted molar refractivity (Wildman–Crippen MR) is 149 cm³/mol. The maximum Gasteiger partial charge on any atom is 0.278 e. The molecule has 0 spiro atoms. The van der Waals surface area contributed by atoms with Gasteiger partial charge in [-0.2, -0.15) is 0 Å². The van der Waals surface area contributed by atoms with Crippen LogP contribution in [0.25, 0.3) is 10.9 Å². The van der Waals surface area contributed by atoms with E-state index in [1.165, 1.54) is 22.8 Å². The standard InChI is InChI=1S/C31H25N3O5/c35-30(32-19-18-22-8-3-1-4-9-22)27-20-26-28(12-7-13-29(26)34(37)38)33(31(27)36)21-23-14-16-25(17-15-23)39-24-10-5-2-6-11-24/h1-17,20H,18-19,21H2,(H,32,35). The molecular weight excluding hydrogens is 494 g/mol. The van der Waals surface area contributed by atoms with Crippen molar-refractivity contribution in [3.8, 4) is 11.5 Å². The Morgan fingerprint density at radius 2 is 1.49 bits per heavy atom. The molecule has 8 nitrogen and oxygen atoms in total. The SMILES string of the molecule is O=C(NCCc1ccccc1)c1cc2c([N+](=O)[O-])cccc2n(Cc2ccc(Oc3ccccc3)cc2)c1=O. The molecular formula is C31H25N3O5. The highest BCUT2D eigenvalue weighted by atomic mass is 16.6. The van der Waals surface area contributed by atoms with Crippen LogP contribution in [0.4, 0.5) is 5.69 Å². The molecule has 5 aromatic rings. The normalized spacial score (nSPS) is 10.8. The highest BCUT2D eigenvalue weighted by Gasteiger charge is 2.21. The highest BCUT2D eigenvalue weighted by molar-refractivity contribution is 5.99. The van der Waals surface area contributed by atoms with Crippen LogP contribution in [0.15, 0.2) is 114 Å². The molecule has 0 radical (unpaired) electrons. The largest absolute Gasteiger partial charge is 0.457 e. The summed E-state index contributed by atoms with van der Waals surface area (Å²) in [4.78, 5) is 37.9. The van der Waals surface area contributed by atoms with Crippen LogP contribution in [0.2, 0.25) is 0 Å². The van der Waals surface area contributed by atoms with Crippen LogP contribution in [0, 0.1) is 10.1 Å². The minimum absolute atomic E-state index is 0.118. The van der Waals surface area contributed by atoms with Gasteiger partial charge >= 0.3 is 0 Å². The average molecular weight is 520 g/mol. The van der Waals surface area contributed by atoms with Gasteiger partial charge in [0.05, 0.1) is 22.4 Å². The molecule has 194 valence electrons. The summed E-state index contributed by atoms with van der Waals surface area (Å²) in [6.07, 6.45) is 0.589. The van der Waals surface area contributed by atoms with Gasteiger partial charge in [0.25, 0.3) is 17.2 Å². The number of nitro groups is 1. The first-order valence-electron chi connectivity index (χ1n) is 12.4. The Kier molecular flexibility index (Phi) is 7.45. The Hall–Kier alpha value is -5.24. The van der Waals surface area contributed by atoms with Crippen molar-refractivity contribution >= 4 is 22.5 Å². The van der Waals surface area contributed by atoms with Gasteiger partial charge in [0, 0.05) is 12.6 Å². The number of para-hydroxylation sites is 1. The van der Waals surface area contributed by atoms with Crippen LogP contribution in [0.1, 0.15) is 21.5 Å². The van der Waals surface area contributed by atoms with Crippen molar-refractivity contribution < 1.29 is 14.5 Å². The molecule has 1 heterocycles. The number of carbonyl (C=O) groups is 1. The second-order valence-corrected chi connectivity index (χ2v) is 8.97. The van der Waals surface area contributed by atoms with Crippen molar-refractivity contribution in [2.45, 2.75) is 13.0 Å². The van der Waals surface area contributed by atoms with Gasteiger partial charge in [0.2, 0.25) is 0 Å². The van der Waals surface area contributed by atoms with E-state index in [0.29, 0.717) is 30.0 Å². The monoisotopic (exact) mass is 519 g/mol. The van der Waals surface area contributed by atoms with Crippen LogP contribution in [0.5, 0.6) is 11.5 Å². The zero-order chi connectivity index (χ0) is 27.2. The van der Waals surface area contributed by atoms with Gasteiger partial charge in [-0.15, -0.1) is 0 Å². The molecule has 1 N–H and O–H groups in total. The lowest BCUT2D eigenvalue weighted by Gasteiger charge is -2.14. The van der Waals surface area contributed by atoms with Gasteiger partial charge in [-0.05, 0) is 53.9 Å². The number of rotatable bonds is 9. The van der Waals surface area contributed by atoms with E-state index < -0.39 is 16.4 Å². The number of ether oxygens (including phenoxy) is 1. The van der Waals surface area contributed by atoms with Gasteiger partial charge in [-0.1, -0.05) is 66.7 Å². The fourth-order valence-electron chi connectivity index (χ4n) is 4.39. The first-order valence-corrected chi connectivity index (χ1v) is 12.4. The zero-order valence-electron chi connectivity index (χ0n) is 20.9. The number of amides is 1. The fourth-order valence-corrected chi connectivity index (χ4v) is 4.39. The molecule has 0 bridgehead atoms. The highest BCUT2D eigenvalue weighted by Crippen LogP contribution is 2.26. The molecule has 1 aromatic heterocycles. The van der Waals surface area contributed by atoms with Crippen molar-refractivity contribution in [1.82, 2.24) is 9.88 Å². The van der Waals surface area contributed by atoms with Crippen LogP contribution in [0.3, 0.4) is 0 Å². The van der Waals surface area contributed by atoms with Crippen molar-refractivity contribution in [2.24, 2.45) is 0 Å². The first-order chi connectivity index (χ1) is 19.0. The number of carbonyl (C=O) groups excluding carboxylic acids is 1. The number of nitrogens with one attached hydrogen (secondary N) is 1. The zero-order valence-corrected chi connectivity index (χ0v) is 20.9. The van der Waals surface area contributed by atoms with Gasteiger partial charge in [0.1, 0.15) is 17.1 Å². The second-order valence-electron chi connectivity index (χ2n) is 8.97. The summed E-state index contributed by atoms with van der Waals surface area (Å²) in [5.41, 5.74) is 1.35. The Labute approximate surface area is 224 Å². The number of aromatic nitrogens is 1. The number of fused-ring (bicyclic) bond motifs is 1. The van der Waals surface area contributed by atoms with Crippen molar-refractivity contribution in [3.05, 3.63) is 146 Å². The lowest BCUT2D eigenvalue weighted by molar-refractivity contribution is -0.383. The van der Waals surface area contributed by atoms with Gasteiger partial charge in [-0.25, -0.2) is 0 Å². The molecule has 4 aromatic carbocycles. The van der Waals surface area contributed by atoms with E-state index in [9.17, 15) is 19.7 Å². The Bertz CT molecular complexity index is 1680. The Morgan fingerprint density at radius 1 is 0.821 bits per heavy atom. The molecule has 0 atom stereocenters. The first kappa shape index (κ1) is 25.4.